The normalized spacial score (nSPS) is 9.05. The molecule has 8 heteroatoms. The van der Waals surface area contributed by atoms with Gasteiger partial charge in [-0.1, -0.05) is 0 Å². The van der Waals surface area contributed by atoms with Gasteiger partial charge in [0.1, 0.15) is 29.7 Å². The summed E-state index contributed by atoms with van der Waals surface area (Å²) in [5, 5.41) is 28.9. The van der Waals surface area contributed by atoms with Crippen molar-refractivity contribution in [1.29, 1.82) is 15.8 Å². The van der Waals surface area contributed by atoms with E-state index in [4.69, 9.17) is 15.8 Å². The lowest BCUT2D eigenvalue weighted by molar-refractivity contribution is -0.0498. The largest absolute Gasteiger partial charge is 0.435 e. The van der Waals surface area contributed by atoms with Crippen molar-refractivity contribution in [1.82, 2.24) is 0 Å². The summed E-state index contributed by atoms with van der Waals surface area (Å²) in [4.78, 5) is 0. The maximum absolute atomic E-state index is 12.1. The Morgan fingerprint density at radius 3 is 2.30 bits per heavy atom. The van der Waals surface area contributed by atoms with Gasteiger partial charge in [0.2, 0.25) is 0 Å². The molecule has 0 amide bonds. The molecule has 1 aromatic rings. The van der Waals surface area contributed by atoms with Crippen LogP contribution in [0.15, 0.2) is 29.5 Å². The Morgan fingerprint density at radius 1 is 1.20 bits per heavy atom. The molecule has 1 aromatic carbocycles. The Balaban J connectivity index is 3.07. The van der Waals surface area contributed by atoms with Crippen LogP contribution in [0.25, 0.3) is 0 Å². The van der Waals surface area contributed by atoms with Crippen LogP contribution in [0.5, 0.6) is 5.75 Å². The molecule has 0 atom stereocenters. The van der Waals surface area contributed by atoms with Gasteiger partial charge in [-0.3, -0.25) is 0 Å². The summed E-state index contributed by atoms with van der Waals surface area (Å²) >= 11 is 1.84. The summed E-state index contributed by atoms with van der Waals surface area (Å²) in [7, 11) is 0. The zero-order chi connectivity index (χ0) is 15.1. The smallest absolute Gasteiger partial charge is 0.387 e. The van der Waals surface area contributed by atoms with E-state index in [0.717, 1.165) is 0 Å². The molecule has 20 heavy (non-hydrogen) atoms. The summed E-state index contributed by atoms with van der Waals surface area (Å²) in [6.07, 6.45) is 0. The standard InChI is InChI=1S/C12H5F2IN4O/c13-12(14)20-8-1-2-10(9(15)3-8)19-11(6-18)7(4-16)5-17/h1-3,12,19H. The average molecular weight is 386 g/mol. The lowest BCUT2D eigenvalue weighted by Crippen LogP contribution is -2.04. The van der Waals surface area contributed by atoms with E-state index < -0.39 is 6.61 Å². The van der Waals surface area contributed by atoms with Gasteiger partial charge >= 0.3 is 6.61 Å². The van der Waals surface area contributed by atoms with Gasteiger partial charge in [0, 0.05) is 3.57 Å². The fraction of sp³-hybridized carbons (Fsp3) is 0.0833. The first-order chi connectivity index (χ1) is 9.51. The maximum atomic E-state index is 12.1. The zero-order valence-corrected chi connectivity index (χ0v) is 11.9. The van der Waals surface area contributed by atoms with Crippen LogP contribution in [-0.4, -0.2) is 6.61 Å². The van der Waals surface area contributed by atoms with Crippen molar-refractivity contribution in [2.24, 2.45) is 0 Å². The summed E-state index contributed by atoms with van der Waals surface area (Å²) in [6, 6.07) is 8.89. The quantitative estimate of drug-likeness (QED) is 0.634. The molecule has 0 aliphatic heterocycles. The third kappa shape index (κ3) is 4.08. The Bertz CT molecular complexity index is 652. The van der Waals surface area contributed by atoms with E-state index in [-0.39, 0.29) is 17.0 Å². The number of halogens is 3. The SMILES string of the molecule is N#CC(C#N)=C(C#N)Nc1ccc(OC(F)F)cc1I. The molecule has 0 aromatic heterocycles. The highest BCUT2D eigenvalue weighted by atomic mass is 127. The molecule has 5 nitrogen and oxygen atoms in total. The molecule has 1 N–H and O–H groups in total. The number of nitrogens with zero attached hydrogens (tertiary/aromatic N) is 3. The zero-order valence-electron chi connectivity index (χ0n) is 9.69. The van der Waals surface area contributed by atoms with Gasteiger partial charge in [0.05, 0.1) is 5.69 Å². The number of hydrogen-bond acceptors (Lipinski definition) is 5. The van der Waals surface area contributed by atoms with Crippen LogP contribution in [0.1, 0.15) is 0 Å². The lowest BCUT2D eigenvalue weighted by Gasteiger charge is -2.10. The van der Waals surface area contributed by atoms with Crippen molar-refractivity contribution in [3.63, 3.8) is 0 Å². The van der Waals surface area contributed by atoms with Gasteiger partial charge < -0.3 is 10.1 Å². The van der Waals surface area contributed by atoms with E-state index in [0.29, 0.717) is 9.26 Å². The second-order valence-electron chi connectivity index (χ2n) is 3.23. The molecule has 0 aliphatic carbocycles. The Hall–Kier alpha value is -2.38. The molecule has 0 heterocycles. The Morgan fingerprint density at radius 2 is 1.85 bits per heavy atom. The van der Waals surface area contributed by atoms with E-state index in [1.165, 1.54) is 18.2 Å². The highest BCUT2D eigenvalue weighted by molar-refractivity contribution is 14.1. The minimum absolute atomic E-state index is 0.0294. The minimum atomic E-state index is -2.93. The van der Waals surface area contributed by atoms with Crippen LogP contribution in [0.2, 0.25) is 0 Å². The topological polar surface area (TPSA) is 92.6 Å². The molecular formula is C12H5F2IN4O. The number of nitriles is 3. The van der Waals surface area contributed by atoms with E-state index in [1.54, 1.807) is 18.2 Å². The highest BCUT2D eigenvalue weighted by Crippen LogP contribution is 2.26. The number of hydrogen-bond donors (Lipinski definition) is 1. The number of alkyl halides is 2. The highest BCUT2D eigenvalue weighted by Gasteiger charge is 2.10. The van der Waals surface area contributed by atoms with Crippen LogP contribution in [0.4, 0.5) is 14.5 Å². The van der Waals surface area contributed by atoms with Gasteiger partial charge in [0.15, 0.2) is 5.57 Å². The molecule has 0 aliphatic rings. The van der Waals surface area contributed by atoms with E-state index in [9.17, 15) is 8.78 Å². The van der Waals surface area contributed by atoms with E-state index in [1.807, 2.05) is 22.6 Å². The lowest BCUT2D eigenvalue weighted by atomic mass is 10.2. The third-order valence-corrected chi connectivity index (χ3v) is 2.90. The fourth-order valence-corrected chi connectivity index (χ4v) is 1.81. The second-order valence-corrected chi connectivity index (χ2v) is 4.39. The van der Waals surface area contributed by atoms with Crippen molar-refractivity contribution in [2.75, 3.05) is 5.32 Å². The van der Waals surface area contributed by atoms with Crippen LogP contribution < -0.4 is 10.1 Å². The Kier molecular flexibility index (Phi) is 5.70. The third-order valence-electron chi connectivity index (χ3n) is 2.01. The van der Waals surface area contributed by atoms with Crippen molar-refractivity contribution in [3.05, 3.63) is 33.0 Å². The summed E-state index contributed by atoms with van der Waals surface area (Å²) in [6.45, 7) is -2.93. The van der Waals surface area contributed by atoms with Crippen molar-refractivity contribution < 1.29 is 13.5 Å². The van der Waals surface area contributed by atoms with Gasteiger partial charge in [-0.25, -0.2) is 0 Å². The molecule has 0 radical (unpaired) electrons. The van der Waals surface area contributed by atoms with Crippen molar-refractivity contribution >= 4 is 28.3 Å². The average Bonchev–Trinajstić information content (AvgIpc) is 2.40. The van der Waals surface area contributed by atoms with Crippen LogP contribution in [0.3, 0.4) is 0 Å². The number of rotatable bonds is 4. The number of allylic oxidation sites excluding steroid dienone is 2. The number of benzene rings is 1. The number of ether oxygens (including phenoxy) is 1. The summed E-state index contributed by atoms with van der Waals surface area (Å²) in [5.41, 5.74) is -0.182. The molecule has 0 saturated carbocycles. The number of nitrogens with one attached hydrogen (secondary N) is 1. The van der Waals surface area contributed by atoms with Crippen molar-refractivity contribution in [3.8, 4) is 24.0 Å². The first-order valence-corrected chi connectivity index (χ1v) is 6.05. The molecular weight excluding hydrogens is 381 g/mol. The minimum Gasteiger partial charge on any atom is -0.435 e. The van der Waals surface area contributed by atoms with Gasteiger partial charge in [0.25, 0.3) is 0 Å². The molecule has 0 fully saturated rings. The van der Waals surface area contributed by atoms with Crippen LogP contribution in [0, 0.1) is 37.6 Å². The second kappa shape index (κ2) is 7.27. The molecule has 0 spiro atoms. The first kappa shape index (κ1) is 15.7. The predicted molar refractivity (Wildman–Crippen MR) is 73.3 cm³/mol. The van der Waals surface area contributed by atoms with Crippen LogP contribution in [-0.2, 0) is 0 Å². The van der Waals surface area contributed by atoms with E-state index in [2.05, 4.69) is 10.1 Å². The van der Waals surface area contributed by atoms with Gasteiger partial charge in [-0.05, 0) is 40.8 Å². The molecule has 1 rings (SSSR count). The summed E-state index contributed by atoms with van der Waals surface area (Å²) < 4.78 is 28.8. The molecule has 0 unspecified atom stereocenters. The van der Waals surface area contributed by atoms with Crippen LogP contribution >= 0.6 is 22.6 Å². The van der Waals surface area contributed by atoms with E-state index >= 15 is 0 Å². The first-order valence-electron chi connectivity index (χ1n) is 4.97. The monoisotopic (exact) mass is 386 g/mol. The maximum Gasteiger partial charge on any atom is 0.387 e. The molecule has 0 saturated heterocycles. The Labute approximate surface area is 126 Å². The summed E-state index contributed by atoms with van der Waals surface area (Å²) in [5.74, 6) is -0.0294. The molecule has 100 valence electrons. The molecule has 0 bridgehead atoms. The predicted octanol–water partition coefficient (Wildman–Crippen LogP) is 3.13. The number of anilines is 1. The fourth-order valence-electron chi connectivity index (χ4n) is 1.19. The van der Waals surface area contributed by atoms with Crippen molar-refractivity contribution in [2.45, 2.75) is 6.61 Å². The van der Waals surface area contributed by atoms with Gasteiger partial charge in [-0.2, -0.15) is 24.6 Å². The van der Waals surface area contributed by atoms with Gasteiger partial charge in [-0.15, -0.1) is 0 Å².